The van der Waals surface area contributed by atoms with Gasteiger partial charge in [0.1, 0.15) is 10.7 Å². The van der Waals surface area contributed by atoms with E-state index in [2.05, 4.69) is 29.1 Å². The number of nitrogens with zero attached hydrogens (tertiary/aromatic N) is 2. The molecular weight excluding hydrogens is 349 g/mol. The molecule has 1 heterocycles. The molecule has 1 fully saturated rings. The predicted molar refractivity (Wildman–Crippen MR) is 97.9 cm³/mol. The molecule has 1 N–H and O–H groups in total. The molecule has 5 nitrogen and oxygen atoms in total. The van der Waals surface area contributed by atoms with Crippen LogP contribution in [-0.4, -0.2) is 62.2 Å². The largest absolute Gasteiger partial charge is 0.355 e. The Kier molecular flexibility index (Phi) is 6.14. The van der Waals surface area contributed by atoms with Crippen molar-refractivity contribution in [3.05, 3.63) is 30.1 Å². The number of hydrogen-bond donors (Lipinski definition) is 1. The summed E-state index contributed by atoms with van der Waals surface area (Å²) >= 11 is 1.92. The summed E-state index contributed by atoms with van der Waals surface area (Å²) in [5.41, 5.74) is 0. The lowest BCUT2D eigenvalue weighted by Crippen LogP contribution is -2.51. The van der Waals surface area contributed by atoms with Crippen molar-refractivity contribution in [1.29, 1.82) is 0 Å². The first-order chi connectivity index (χ1) is 11.2. The average Bonchev–Trinajstić information content (AvgIpc) is 2.51. The van der Waals surface area contributed by atoms with Crippen LogP contribution in [0.25, 0.3) is 0 Å². The first kappa shape index (κ1) is 19.1. The third kappa shape index (κ3) is 4.86. The van der Waals surface area contributed by atoms with Gasteiger partial charge < -0.3 is 10.2 Å². The predicted octanol–water partition coefficient (Wildman–Crippen LogP) is 2.00. The lowest BCUT2D eigenvalue weighted by molar-refractivity contribution is 0.377. The van der Waals surface area contributed by atoms with Crippen molar-refractivity contribution in [1.82, 2.24) is 10.2 Å². The fourth-order valence-electron chi connectivity index (χ4n) is 2.63. The summed E-state index contributed by atoms with van der Waals surface area (Å²) in [4.78, 5) is 6.12. The van der Waals surface area contributed by atoms with E-state index in [1.807, 2.05) is 11.8 Å². The molecule has 0 spiro atoms. The van der Waals surface area contributed by atoms with Gasteiger partial charge in [0.15, 0.2) is 15.8 Å². The molecule has 8 heteroatoms. The Bertz CT molecular complexity index is 705. The Morgan fingerprint density at radius 3 is 2.75 bits per heavy atom. The molecule has 1 saturated heterocycles. The molecule has 24 heavy (non-hydrogen) atoms. The second-order valence-corrected chi connectivity index (χ2v) is 10.1. The van der Waals surface area contributed by atoms with Crippen LogP contribution < -0.4 is 5.32 Å². The van der Waals surface area contributed by atoms with E-state index < -0.39 is 15.7 Å². The highest BCUT2D eigenvalue weighted by molar-refractivity contribution is 8.00. The van der Waals surface area contributed by atoms with Crippen LogP contribution in [0.3, 0.4) is 0 Å². The topological polar surface area (TPSA) is 61.8 Å². The Balaban J connectivity index is 1.96. The van der Waals surface area contributed by atoms with Gasteiger partial charge in [-0.3, -0.25) is 4.99 Å². The highest BCUT2D eigenvalue weighted by Gasteiger charge is 2.28. The van der Waals surface area contributed by atoms with E-state index in [0.717, 1.165) is 24.9 Å². The van der Waals surface area contributed by atoms with E-state index in [-0.39, 0.29) is 21.9 Å². The molecule has 0 bridgehead atoms. The fraction of sp³-hybridized carbons (Fsp3) is 0.562. The summed E-state index contributed by atoms with van der Waals surface area (Å²) in [6.07, 6.45) is 0. The highest BCUT2D eigenvalue weighted by Crippen LogP contribution is 2.29. The zero-order valence-electron chi connectivity index (χ0n) is 14.3. The summed E-state index contributed by atoms with van der Waals surface area (Å²) in [5.74, 6) is 0.795. The minimum Gasteiger partial charge on any atom is -0.355 e. The smallest absolute Gasteiger partial charge is 0.193 e. The number of halogens is 1. The fourth-order valence-corrected chi connectivity index (χ4v) is 4.99. The zero-order chi connectivity index (χ0) is 17.8. The quantitative estimate of drug-likeness (QED) is 0.646. The van der Waals surface area contributed by atoms with Gasteiger partial charge in [-0.2, -0.15) is 11.8 Å². The molecule has 1 aliphatic heterocycles. The SMILES string of the molecule is CN=C(NCCS(=O)(=O)c1ccccc1F)N1CCSC(C)(C)C1. The maximum absolute atomic E-state index is 13.7. The summed E-state index contributed by atoms with van der Waals surface area (Å²) < 4.78 is 38.3. The third-order valence-electron chi connectivity index (χ3n) is 3.76. The molecule has 0 atom stereocenters. The van der Waals surface area contributed by atoms with Crippen molar-refractivity contribution in [2.24, 2.45) is 4.99 Å². The molecule has 1 aliphatic rings. The molecule has 0 aromatic heterocycles. The van der Waals surface area contributed by atoms with E-state index >= 15 is 0 Å². The van der Waals surface area contributed by atoms with E-state index in [9.17, 15) is 12.8 Å². The molecule has 0 unspecified atom stereocenters. The van der Waals surface area contributed by atoms with Gasteiger partial charge in [-0.05, 0) is 26.0 Å². The Morgan fingerprint density at radius 1 is 1.42 bits per heavy atom. The molecule has 2 rings (SSSR count). The van der Waals surface area contributed by atoms with E-state index in [1.54, 1.807) is 7.05 Å². The van der Waals surface area contributed by atoms with Gasteiger partial charge in [0.05, 0.1) is 5.75 Å². The number of nitrogens with one attached hydrogen (secondary N) is 1. The van der Waals surface area contributed by atoms with Gasteiger partial charge in [0, 0.05) is 37.2 Å². The maximum atomic E-state index is 13.7. The molecule has 134 valence electrons. The highest BCUT2D eigenvalue weighted by atomic mass is 32.2. The Labute approximate surface area is 147 Å². The molecule has 0 aliphatic carbocycles. The number of aliphatic imine (C=N–C) groups is 1. The van der Waals surface area contributed by atoms with Crippen LogP contribution in [-0.2, 0) is 9.84 Å². The van der Waals surface area contributed by atoms with Gasteiger partial charge in [0.25, 0.3) is 0 Å². The second kappa shape index (κ2) is 7.74. The first-order valence-corrected chi connectivity index (χ1v) is 10.5. The van der Waals surface area contributed by atoms with E-state index in [0.29, 0.717) is 5.96 Å². The Hall–Kier alpha value is -1.28. The van der Waals surface area contributed by atoms with Gasteiger partial charge in [0.2, 0.25) is 0 Å². The summed E-state index contributed by atoms with van der Waals surface area (Å²) in [6, 6.07) is 5.46. The Morgan fingerprint density at radius 2 is 2.12 bits per heavy atom. The van der Waals surface area contributed by atoms with Gasteiger partial charge >= 0.3 is 0 Å². The molecule has 0 saturated carbocycles. The van der Waals surface area contributed by atoms with Crippen LogP contribution in [0.15, 0.2) is 34.2 Å². The number of sulfone groups is 1. The van der Waals surface area contributed by atoms with E-state index in [4.69, 9.17) is 0 Å². The van der Waals surface area contributed by atoms with Crippen molar-refractivity contribution in [2.45, 2.75) is 23.5 Å². The van der Waals surface area contributed by atoms with E-state index in [1.165, 1.54) is 18.2 Å². The van der Waals surface area contributed by atoms with Gasteiger partial charge in [-0.1, -0.05) is 12.1 Å². The van der Waals surface area contributed by atoms with Gasteiger partial charge in [-0.15, -0.1) is 0 Å². The van der Waals surface area contributed by atoms with Crippen molar-refractivity contribution >= 4 is 27.6 Å². The van der Waals surface area contributed by atoms with Crippen LogP contribution in [0.2, 0.25) is 0 Å². The third-order valence-corrected chi connectivity index (χ3v) is 6.80. The standard InChI is InChI=1S/C16H24FN3O2S2/c1-16(2)12-20(9-10-23-16)15(18-3)19-8-11-24(21,22)14-7-5-4-6-13(14)17/h4-7H,8-12H2,1-3H3,(H,18,19). The number of benzene rings is 1. The monoisotopic (exact) mass is 373 g/mol. The van der Waals surface area contributed by atoms with Crippen LogP contribution in [0.1, 0.15) is 13.8 Å². The summed E-state index contributed by atoms with van der Waals surface area (Å²) in [6.45, 7) is 6.26. The number of guanidine groups is 1. The lowest BCUT2D eigenvalue weighted by atomic mass is 10.2. The first-order valence-electron chi connectivity index (χ1n) is 7.82. The summed E-state index contributed by atoms with van der Waals surface area (Å²) in [7, 11) is -1.98. The molecule has 1 aromatic carbocycles. The lowest BCUT2D eigenvalue weighted by Gasteiger charge is -2.39. The summed E-state index contributed by atoms with van der Waals surface area (Å²) in [5, 5.41) is 3.09. The number of rotatable bonds is 4. The number of hydrogen-bond acceptors (Lipinski definition) is 4. The van der Waals surface area contributed by atoms with Crippen molar-refractivity contribution < 1.29 is 12.8 Å². The minimum absolute atomic E-state index is 0.134. The van der Waals surface area contributed by atoms with Crippen LogP contribution >= 0.6 is 11.8 Å². The zero-order valence-corrected chi connectivity index (χ0v) is 15.9. The van der Waals surface area contributed by atoms with Crippen molar-refractivity contribution in [3.8, 4) is 0 Å². The molecule has 1 aromatic rings. The normalized spacial score (nSPS) is 18.5. The molecule has 0 amide bonds. The molecular formula is C16H24FN3O2S2. The second-order valence-electron chi connectivity index (χ2n) is 6.25. The number of thioether (sulfide) groups is 1. The van der Waals surface area contributed by atoms with Crippen LogP contribution in [0, 0.1) is 5.82 Å². The minimum atomic E-state index is -3.66. The molecule has 0 radical (unpaired) electrons. The maximum Gasteiger partial charge on any atom is 0.193 e. The van der Waals surface area contributed by atoms with Crippen molar-refractivity contribution in [3.63, 3.8) is 0 Å². The van der Waals surface area contributed by atoms with Gasteiger partial charge in [-0.25, -0.2) is 12.8 Å². The van der Waals surface area contributed by atoms with Crippen LogP contribution in [0.5, 0.6) is 0 Å². The average molecular weight is 374 g/mol. The van der Waals surface area contributed by atoms with Crippen LogP contribution in [0.4, 0.5) is 4.39 Å². The van der Waals surface area contributed by atoms with Crippen molar-refractivity contribution in [2.75, 3.05) is 38.2 Å².